The standard InChI is InChI=1S/C9H19NO/c1-7(2)8-4-5-10(3)6-9(8)11/h7-9,11H,4-6H2,1-3H3/t8-,9-/m1/s1. The van der Waals surface area contributed by atoms with Gasteiger partial charge in [0.2, 0.25) is 0 Å². The molecule has 1 aliphatic heterocycles. The van der Waals surface area contributed by atoms with Crippen LogP contribution in [0.25, 0.3) is 0 Å². The lowest BCUT2D eigenvalue weighted by Gasteiger charge is -2.35. The van der Waals surface area contributed by atoms with E-state index in [0.29, 0.717) is 11.8 Å². The molecule has 0 radical (unpaired) electrons. The van der Waals surface area contributed by atoms with Gasteiger partial charge in [-0.05, 0) is 31.8 Å². The number of nitrogens with zero attached hydrogens (tertiary/aromatic N) is 1. The number of piperidine rings is 1. The first-order valence-electron chi connectivity index (χ1n) is 4.48. The number of aliphatic hydroxyl groups excluding tert-OH is 1. The Balaban J connectivity index is 2.44. The van der Waals surface area contributed by atoms with Gasteiger partial charge in [-0.15, -0.1) is 0 Å². The van der Waals surface area contributed by atoms with E-state index in [4.69, 9.17) is 0 Å². The predicted molar refractivity (Wildman–Crippen MR) is 46.4 cm³/mol. The van der Waals surface area contributed by atoms with Gasteiger partial charge >= 0.3 is 0 Å². The molecule has 1 rings (SSSR count). The van der Waals surface area contributed by atoms with Gasteiger partial charge in [0.1, 0.15) is 0 Å². The van der Waals surface area contributed by atoms with Crippen LogP contribution < -0.4 is 0 Å². The molecule has 0 aromatic carbocycles. The first-order valence-corrected chi connectivity index (χ1v) is 4.48. The van der Waals surface area contributed by atoms with Crippen molar-refractivity contribution in [2.75, 3.05) is 20.1 Å². The highest BCUT2D eigenvalue weighted by molar-refractivity contribution is 4.79. The first-order chi connectivity index (χ1) is 5.11. The Labute approximate surface area is 69.2 Å². The van der Waals surface area contributed by atoms with Crippen molar-refractivity contribution in [3.05, 3.63) is 0 Å². The van der Waals surface area contributed by atoms with Crippen LogP contribution in [-0.4, -0.2) is 36.2 Å². The highest BCUT2D eigenvalue weighted by Crippen LogP contribution is 2.23. The van der Waals surface area contributed by atoms with Gasteiger partial charge in [-0.2, -0.15) is 0 Å². The number of hydrogen-bond acceptors (Lipinski definition) is 2. The predicted octanol–water partition coefficient (Wildman–Crippen LogP) is 0.955. The van der Waals surface area contributed by atoms with Crippen molar-refractivity contribution in [2.45, 2.75) is 26.4 Å². The SMILES string of the molecule is CC(C)[C@H]1CCN(C)C[C@H]1O. The summed E-state index contributed by atoms with van der Waals surface area (Å²) in [6.07, 6.45) is 1.05. The number of likely N-dealkylation sites (tertiary alicyclic amines) is 1. The molecule has 0 unspecified atom stereocenters. The van der Waals surface area contributed by atoms with Crippen LogP contribution in [-0.2, 0) is 0 Å². The summed E-state index contributed by atoms with van der Waals surface area (Å²) in [5.74, 6) is 1.14. The molecule has 11 heavy (non-hydrogen) atoms. The van der Waals surface area contributed by atoms with Crippen molar-refractivity contribution >= 4 is 0 Å². The number of rotatable bonds is 1. The second kappa shape index (κ2) is 3.55. The monoisotopic (exact) mass is 157 g/mol. The Hall–Kier alpha value is -0.0800. The van der Waals surface area contributed by atoms with Gasteiger partial charge in [0.05, 0.1) is 6.10 Å². The van der Waals surface area contributed by atoms with Crippen LogP contribution in [0.1, 0.15) is 20.3 Å². The quantitative estimate of drug-likeness (QED) is 0.612. The minimum Gasteiger partial charge on any atom is -0.391 e. The summed E-state index contributed by atoms with van der Waals surface area (Å²) in [5, 5.41) is 9.67. The van der Waals surface area contributed by atoms with Gasteiger partial charge in [0, 0.05) is 6.54 Å². The van der Waals surface area contributed by atoms with Crippen LogP contribution in [0.3, 0.4) is 0 Å². The first kappa shape index (κ1) is 9.01. The normalized spacial score (nSPS) is 34.6. The maximum absolute atomic E-state index is 9.67. The average Bonchev–Trinajstić information content (AvgIpc) is 1.85. The van der Waals surface area contributed by atoms with Gasteiger partial charge in [-0.3, -0.25) is 0 Å². The van der Waals surface area contributed by atoms with Gasteiger partial charge in [0.15, 0.2) is 0 Å². The van der Waals surface area contributed by atoms with Gasteiger partial charge in [-0.1, -0.05) is 13.8 Å². The molecule has 1 saturated heterocycles. The van der Waals surface area contributed by atoms with Crippen LogP contribution in [0.15, 0.2) is 0 Å². The molecule has 1 N–H and O–H groups in total. The number of β-amino-alcohol motifs (C(OH)–C–C–N with tert-alkyl or cyclic N) is 1. The summed E-state index contributed by atoms with van der Waals surface area (Å²) < 4.78 is 0. The summed E-state index contributed by atoms with van der Waals surface area (Å²) in [4.78, 5) is 2.20. The summed E-state index contributed by atoms with van der Waals surface area (Å²) in [7, 11) is 2.07. The average molecular weight is 157 g/mol. The molecule has 0 bridgehead atoms. The van der Waals surface area contributed by atoms with E-state index in [1.54, 1.807) is 0 Å². The Morgan fingerprint density at radius 3 is 2.55 bits per heavy atom. The Kier molecular flexibility index (Phi) is 2.90. The van der Waals surface area contributed by atoms with Crippen molar-refractivity contribution in [2.24, 2.45) is 11.8 Å². The zero-order valence-corrected chi connectivity index (χ0v) is 7.75. The maximum atomic E-state index is 9.67. The van der Waals surface area contributed by atoms with Crippen molar-refractivity contribution in [1.82, 2.24) is 4.90 Å². The van der Waals surface area contributed by atoms with E-state index < -0.39 is 0 Å². The van der Waals surface area contributed by atoms with Gasteiger partial charge in [0.25, 0.3) is 0 Å². The third kappa shape index (κ3) is 2.17. The lowest BCUT2D eigenvalue weighted by molar-refractivity contribution is 0.0124. The Morgan fingerprint density at radius 1 is 1.45 bits per heavy atom. The van der Waals surface area contributed by atoms with E-state index >= 15 is 0 Å². The molecule has 1 fully saturated rings. The molecule has 0 aliphatic carbocycles. The molecule has 66 valence electrons. The molecule has 0 aromatic rings. The molecule has 1 heterocycles. The summed E-state index contributed by atoms with van der Waals surface area (Å²) in [6.45, 7) is 6.38. The molecule has 2 heteroatoms. The van der Waals surface area contributed by atoms with Gasteiger partial charge in [-0.25, -0.2) is 0 Å². The van der Waals surface area contributed by atoms with E-state index in [1.165, 1.54) is 0 Å². The van der Waals surface area contributed by atoms with Crippen LogP contribution in [0.5, 0.6) is 0 Å². The summed E-state index contributed by atoms with van der Waals surface area (Å²) in [5.41, 5.74) is 0. The van der Waals surface area contributed by atoms with Crippen molar-refractivity contribution in [3.8, 4) is 0 Å². The second-order valence-corrected chi connectivity index (χ2v) is 4.03. The smallest absolute Gasteiger partial charge is 0.0698 e. The maximum Gasteiger partial charge on any atom is 0.0698 e. The molecule has 0 aromatic heterocycles. The highest BCUT2D eigenvalue weighted by atomic mass is 16.3. The largest absolute Gasteiger partial charge is 0.391 e. The van der Waals surface area contributed by atoms with E-state index in [1.807, 2.05) is 0 Å². The molecule has 2 atom stereocenters. The molecule has 0 saturated carbocycles. The number of likely N-dealkylation sites (N-methyl/N-ethyl adjacent to an activating group) is 1. The number of hydrogen-bond donors (Lipinski definition) is 1. The van der Waals surface area contributed by atoms with E-state index in [-0.39, 0.29) is 6.10 Å². The van der Waals surface area contributed by atoms with Crippen LogP contribution in [0.2, 0.25) is 0 Å². The highest BCUT2D eigenvalue weighted by Gasteiger charge is 2.27. The zero-order valence-electron chi connectivity index (χ0n) is 7.75. The minimum atomic E-state index is -0.103. The van der Waals surface area contributed by atoms with Crippen LogP contribution >= 0.6 is 0 Å². The van der Waals surface area contributed by atoms with Crippen molar-refractivity contribution in [3.63, 3.8) is 0 Å². The molecule has 2 nitrogen and oxygen atoms in total. The Bertz CT molecular complexity index is 125. The van der Waals surface area contributed by atoms with Crippen molar-refractivity contribution in [1.29, 1.82) is 0 Å². The fraction of sp³-hybridized carbons (Fsp3) is 1.00. The Morgan fingerprint density at radius 2 is 2.09 bits per heavy atom. The van der Waals surface area contributed by atoms with Crippen molar-refractivity contribution < 1.29 is 5.11 Å². The van der Waals surface area contributed by atoms with Crippen LogP contribution in [0, 0.1) is 11.8 Å². The lowest BCUT2D eigenvalue weighted by atomic mass is 9.85. The third-order valence-electron chi connectivity index (χ3n) is 2.69. The lowest BCUT2D eigenvalue weighted by Crippen LogP contribution is -2.43. The molecule has 0 spiro atoms. The minimum absolute atomic E-state index is 0.103. The summed E-state index contributed by atoms with van der Waals surface area (Å²) in [6, 6.07) is 0. The molecule has 0 amide bonds. The van der Waals surface area contributed by atoms with Gasteiger partial charge < -0.3 is 10.0 Å². The molecular weight excluding hydrogens is 138 g/mol. The fourth-order valence-electron chi connectivity index (χ4n) is 1.89. The molecular formula is C9H19NO. The second-order valence-electron chi connectivity index (χ2n) is 4.03. The van der Waals surface area contributed by atoms with Crippen LogP contribution in [0.4, 0.5) is 0 Å². The number of aliphatic hydroxyl groups is 1. The van der Waals surface area contributed by atoms with E-state index in [0.717, 1.165) is 19.5 Å². The topological polar surface area (TPSA) is 23.5 Å². The third-order valence-corrected chi connectivity index (χ3v) is 2.69. The van der Waals surface area contributed by atoms with E-state index in [2.05, 4.69) is 25.8 Å². The fourth-order valence-corrected chi connectivity index (χ4v) is 1.89. The van der Waals surface area contributed by atoms with E-state index in [9.17, 15) is 5.11 Å². The molecule has 1 aliphatic rings. The zero-order chi connectivity index (χ0) is 8.43. The summed E-state index contributed by atoms with van der Waals surface area (Å²) >= 11 is 0.